The molecule has 1 N–H and O–H groups in total. The topological polar surface area (TPSA) is 40.5 Å². The minimum absolute atomic E-state index is 0.373. The molecule has 0 heterocycles. The number of nitrogens with zero attached hydrogens (tertiary/aromatic N) is 1. The molecule has 0 aromatic heterocycles. The summed E-state index contributed by atoms with van der Waals surface area (Å²) in [5.74, 6) is -0.873. The molecule has 0 atom stereocenters. The number of carboxylic acids is 1. The Morgan fingerprint density at radius 1 is 1.11 bits per heavy atom. The van der Waals surface area contributed by atoms with Crippen molar-refractivity contribution in [3.63, 3.8) is 0 Å². The molecular formula is C15H17NO2. The van der Waals surface area contributed by atoms with Crippen molar-refractivity contribution in [2.24, 2.45) is 0 Å². The number of anilines is 1. The summed E-state index contributed by atoms with van der Waals surface area (Å²) in [7, 11) is 0. The number of fused-ring (bicyclic) bond motifs is 1. The molecule has 2 aromatic rings. The molecule has 0 fully saturated rings. The van der Waals surface area contributed by atoms with Gasteiger partial charge >= 0.3 is 5.97 Å². The van der Waals surface area contributed by atoms with Gasteiger partial charge in [0, 0.05) is 13.1 Å². The third-order valence-corrected chi connectivity index (χ3v) is 3.20. The van der Waals surface area contributed by atoms with E-state index in [2.05, 4.69) is 4.90 Å². The monoisotopic (exact) mass is 243 g/mol. The molecule has 94 valence electrons. The van der Waals surface area contributed by atoms with Crippen LogP contribution in [0.5, 0.6) is 0 Å². The van der Waals surface area contributed by atoms with Crippen LogP contribution in [0.15, 0.2) is 36.4 Å². The predicted octanol–water partition coefficient (Wildman–Crippen LogP) is 3.38. The molecule has 0 saturated heterocycles. The Morgan fingerprint density at radius 2 is 1.67 bits per heavy atom. The largest absolute Gasteiger partial charge is 0.478 e. The first-order chi connectivity index (χ1) is 8.67. The van der Waals surface area contributed by atoms with Gasteiger partial charge in [0.25, 0.3) is 0 Å². The standard InChI is InChI=1S/C15H17NO2/c1-3-16(4-2)14-10-12-8-6-5-7-11(12)9-13(14)15(17)18/h5-10H,3-4H2,1-2H3,(H,17,18). The smallest absolute Gasteiger partial charge is 0.337 e. The lowest BCUT2D eigenvalue weighted by Gasteiger charge is -2.23. The van der Waals surface area contributed by atoms with Gasteiger partial charge < -0.3 is 10.0 Å². The normalized spacial score (nSPS) is 10.6. The SMILES string of the molecule is CCN(CC)c1cc2ccccc2cc1C(=O)O. The van der Waals surface area contributed by atoms with Crippen molar-refractivity contribution in [2.75, 3.05) is 18.0 Å². The second-order valence-corrected chi connectivity index (χ2v) is 4.19. The maximum absolute atomic E-state index is 11.4. The first-order valence-corrected chi connectivity index (χ1v) is 6.18. The third kappa shape index (κ3) is 2.16. The maximum Gasteiger partial charge on any atom is 0.337 e. The van der Waals surface area contributed by atoms with Gasteiger partial charge in [0.05, 0.1) is 11.3 Å². The fourth-order valence-corrected chi connectivity index (χ4v) is 2.23. The molecule has 0 aliphatic heterocycles. The zero-order chi connectivity index (χ0) is 13.1. The molecule has 0 aliphatic carbocycles. The minimum atomic E-state index is -0.873. The van der Waals surface area contributed by atoms with E-state index >= 15 is 0 Å². The van der Waals surface area contributed by atoms with Crippen LogP contribution in [0.1, 0.15) is 24.2 Å². The molecule has 0 saturated carbocycles. The zero-order valence-electron chi connectivity index (χ0n) is 10.7. The molecule has 3 heteroatoms. The van der Waals surface area contributed by atoms with Crippen LogP contribution in [0, 0.1) is 0 Å². The van der Waals surface area contributed by atoms with Gasteiger partial charge in [0.1, 0.15) is 0 Å². The highest BCUT2D eigenvalue weighted by molar-refractivity contribution is 6.01. The summed E-state index contributed by atoms with van der Waals surface area (Å²) >= 11 is 0. The highest BCUT2D eigenvalue weighted by Gasteiger charge is 2.15. The summed E-state index contributed by atoms with van der Waals surface area (Å²) in [5.41, 5.74) is 1.17. The van der Waals surface area contributed by atoms with E-state index < -0.39 is 5.97 Å². The number of benzene rings is 2. The lowest BCUT2D eigenvalue weighted by molar-refractivity contribution is 0.0697. The summed E-state index contributed by atoms with van der Waals surface area (Å²) < 4.78 is 0. The highest BCUT2D eigenvalue weighted by atomic mass is 16.4. The number of rotatable bonds is 4. The Balaban J connectivity index is 2.68. The van der Waals surface area contributed by atoms with Crippen molar-refractivity contribution in [1.29, 1.82) is 0 Å². The fraction of sp³-hybridized carbons (Fsp3) is 0.267. The number of carbonyl (C=O) groups is 1. The predicted molar refractivity (Wildman–Crippen MR) is 74.5 cm³/mol. The van der Waals surface area contributed by atoms with Gasteiger partial charge in [-0.2, -0.15) is 0 Å². The molecule has 0 amide bonds. The van der Waals surface area contributed by atoms with E-state index in [0.717, 1.165) is 29.5 Å². The average molecular weight is 243 g/mol. The van der Waals surface area contributed by atoms with Crippen LogP contribution in [-0.4, -0.2) is 24.2 Å². The number of hydrogen-bond donors (Lipinski definition) is 1. The van der Waals surface area contributed by atoms with Crippen molar-refractivity contribution >= 4 is 22.4 Å². The van der Waals surface area contributed by atoms with E-state index in [-0.39, 0.29) is 0 Å². The van der Waals surface area contributed by atoms with Crippen molar-refractivity contribution in [2.45, 2.75) is 13.8 Å². The summed E-state index contributed by atoms with van der Waals surface area (Å²) in [4.78, 5) is 13.4. The second kappa shape index (κ2) is 5.08. The quantitative estimate of drug-likeness (QED) is 0.894. The lowest BCUT2D eigenvalue weighted by atomic mass is 10.0. The average Bonchev–Trinajstić information content (AvgIpc) is 2.39. The van der Waals surface area contributed by atoms with Gasteiger partial charge in [-0.3, -0.25) is 0 Å². The molecule has 18 heavy (non-hydrogen) atoms. The van der Waals surface area contributed by atoms with Gasteiger partial charge in [0.15, 0.2) is 0 Å². The van der Waals surface area contributed by atoms with Crippen LogP contribution < -0.4 is 4.90 Å². The number of hydrogen-bond acceptors (Lipinski definition) is 2. The molecule has 0 unspecified atom stereocenters. The van der Waals surface area contributed by atoms with Crippen LogP contribution in [0.3, 0.4) is 0 Å². The Bertz CT molecular complexity index is 574. The van der Waals surface area contributed by atoms with E-state index in [9.17, 15) is 9.90 Å². The van der Waals surface area contributed by atoms with Crippen molar-refractivity contribution in [3.8, 4) is 0 Å². The Hall–Kier alpha value is -2.03. The summed E-state index contributed by atoms with van der Waals surface area (Å²) in [6.07, 6.45) is 0. The van der Waals surface area contributed by atoms with Gasteiger partial charge in [0.2, 0.25) is 0 Å². The van der Waals surface area contributed by atoms with Crippen LogP contribution in [0.25, 0.3) is 10.8 Å². The van der Waals surface area contributed by atoms with Gasteiger partial charge in [-0.25, -0.2) is 4.79 Å². The molecule has 0 spiro atoms. The Labute approximate surface area is 107 Å². The zero-order valence-corrected chi connectivity index (χ0v) is 10.7. The second-order valence-electron chi connectivity index (χ2n) is 4.19. The number of aromatic carboxylic acids is 1. The molecule has 0 aliphatic rings. The van der Waals surface area contributed by atoms with Crippen LogP contribution in [-0.2, 0) is 0 Å². The Kier molecular flexibility index (Phi) is 3.51. The molecule has 2 aromatic carbocycles. The van der Waals surface area contributed by atoms with E-state index in [0.29, 0.717) is 5.56 Å². The van der Waals surface area contributed by atoms with Gasteiger partial charge in [-0.05, 0) is 36.8 Å². The first-order valence-electron chi connectivity index (χ1n) is 6.18. The summed E-state index contributed by atoms with van der Waals surface area (Å²) in [6, 6.07) is 11.6. The van der Waals surface area contributed by atoms with Gasteiger partial charge in [-0.1, -0.05) is 24.3 Å². The summed E-state index contributed by atoms with van der Waals surface area (Å²) in [5, 5.41) is 11.4. The number of carboxylic acid groups (broad SMARTS) is 1. The molecule has 3 nitrogen and oxygen atoms in total. The molecule has 0 bridgehead atoms. The van der Waals surface area contributed by atoms with Crippen molar-refractivity contribution in [1.82, 2.24) is 0 Å². The van der Waals surface area contributed by atoms with Gasteiger partial charge in [-0.15, -0.1) is 0 Å². The molecule has 0 radical (unpaired) electrons. The van der Waals surface area contributed by atoms with Crippen molar-refractivity contribution < 1.29 is 9.90 Å². The molecule has 2 rings (SSSR count). The van der Waals surface area contributed by atoms with Crippen LogP contribution >= 0.6 is 0 Å². The van der Waals surface area contributed by atoms with E-state index in [1.54, 1.807) is 6.07 Å². The lowest BCUT2D eigenvalue weighted by Crippen LogP contribution is -2.24. The first kappa shape index (κ1) is 12.4. The maximum atomic E-state index is 11.4. The van der Waals surface area contributed by atoms with Crippen molar-refractivity contribution in [3.05, 3.63) is 42.0 Å². The van der Waals surface area contributed by atoms with E-state index in [1.165, 1.54) is 0 Å². The van der Waals surface area contributed by atoms with E-state index in [4.69, 9.17) is 0 Å². The third-order valence-electron chi connectivity index (χ3n) is 3.20. The summed E-state index contributed by atoms with van der Waals surface area (Å²) in [6.45, 7) is 5.67. The van der Waals surface area contributed by atoms with Crippen LogP contribution in [0.4, 0.5) is 5.69 Å². The molecular weight excluding hydrogens is 226 g/mol. The Morgan fingerprint density at radius 3 is 2.17 bits per heavy atom. The van der Waals surface area contributed by atoms with Crippen LogP contribution in [0.2, 0.25) is 0 Å². The minimum Gasteiger partial charge on any atom is -0.478 e. The highest BCUT2D eigenvalue weighted by Crippen LogP contribution is 2.27. The van der Waals surface area contributed by atoms with E-state index in [1.807, 2.05) is 44.2 Å². The fourth-order valence-electron chi connectivity index (χ4n) is 2.23.